The van der Waals surface area contributed by atoms with Gasteiger partial charge in [-0.1, -0.05) is 36.8 Å². The molecule has 11 N–H and O–H groups in total. The number of anilines is 2. The van der Waals surface area contributed by atoms with E-state index in [1.54, 1.807) is 18.3 Å². The summed E-state index contributed by atoms with van der Waals surface area (Å²) in [5, 5.41) is 36.3. The van der Waals surface area contributed by atoms with Gasteiger partial charge in [0.25, 0.3) is 17.8 Å². The van der Waals surface area contributed by atoms with Gasteiger partial charge in [0.2, 0.25) is 5.78 Å². The van der Waals surface area contributed by atoms with Gasteiger partial charge in [-0.25, -0.2) is 14.6 Å². The summed E-state index contributed by atoms with van der Waals surface area (Å²) in [6.07, 6.45) is 2.31. The number of benzene rings is 3. The number of Topliss-reactive ketones (excluding diaryl/α,β-unsaturated/α-hetero) is 1. The molecule has 0 bridgehead atoms. The van der Waals surface area contributed by atoms with Crippen molar-refractivity contribution in [2.45, 2.75) is 75.8 Å². The van der Waals surface area contributed by atoms with Gasteiger partial charge < -0.3 is 47.2 Å². The van der Waals surface area contributed by atoms with Gasteiger partial charge in [-0.15, -0.1) is 0 Å². The second kappa shape index (κ2) is 29.6. The molecule has 4 heterocycles. The second-order valence-corrected chi connectivity index (χ2v) is 15.9. The van der Waals surface area contributed by atoms with Crippen LogP contribution in [0.1, 0.15) is 93.9 Å². The quantitative estimate of drug-likeness (QED) is 0.0312. The van der Waals surface area contributed by atoms with Crippen molar-refractivity contribution in [2.24, 2.45) is 0 Å². The summed E-state index contributed by atoms with van der Waals surface area (Å²) in [6.45, 7) is 13.6. The predicted molar refractivity (Wildman–Crippen MR) is 269 cm³/mol. The molecule has 0 aliphatic rings. The Hall–Kier alpha value is -6.95. The number of nitrogens with zero attached hydrogens (tertiary/aromatic N) is 2. The number of carboxylic acids is 4. The number of aromatic carboxylic acids is 1. The number of halogens is 1. The number of H-pyrrole nitrogens is 2. The third kappa shape index (κ3) is 22.0. The number of hydrogen-bond donors (Lipinski definition) is 9. The van der Waals surface area contributed by atoms with E-state index in [1.165, 1.54) is 16.5 Å². The van der Waals surface area contributed by atoms with E-state index in [-0.39, 0.29) is 39.5 Å². The van der Waals surface area contributed by atoms with Gasteiger partial charge in [0.15, 0.2) is 0 Å². The molecule has 0 aliphatic carbocycles. The zero-order valence-corrected chi connectivity index (χ0v) is 41.8. The molecule has 4 aromatic heterocycles. The average molecular weight is 1140 g/mol. The van der Waals surface area contributed by atoms with Crippen LogP contribution in [-0.2, 0) is 52.6 Å². The monoisotopic (exact) mass is 1140 g/mol. The molecule has 0 atom stereocenters. The first-order chi connectivity index (χ1) is 30.9. The molecule has 0 aliphatic heterocycles. The van der Waals surface area contributed by atoms with E-state index in [9.17, 15) is 19.2 Å². The van der Waals surface area contributed by atoms with Crippen LogP contribution in [0.3, 0.4) is 0 Å². The number of carboxylic acid groups (broad SMARTS) is 4. The molecule has 0 fully saturated rings. The minimum atomic E-state index is -1.38. The van der Waals surface area contributed by atoms with Crippen LogP contribution in [0.5, 0.6) is 0 Å². The minimum absolute atomic E-state index is 0. The Labute approximate surface area is 422 Å². The summed E-state index contributed by atoms with van der Waals surface area (Å²) in [7, 11) is 0. The largest absolute Gasteiger partial charge is 0.481 e. The zero-order chi connectivity index (χ0) is 49.8. The van der Waals surface area contributed by atoms with Gasteiger partial charge in [0.1, 0.15) is 11.5 Å². The van der Waals surface area contributed by atoms with Gasteiger partial charge in [-0.05, 0) is 146 Å². The van der Waals surface area contributed by atoms with Crippen molar-refractivity contribution >= 4 is 91.5 Å². The Morgan fingerprint density at radius 1 is 0.691 bits per heavy atom. The fraction of sp³-hybridized carbons (Fsp3) is 0.224. The number of aromatic amines is 2. The van der Waals surface area contributed by atoms with Gasteiger partial charge in [-0.3, -0.25) is 24.2 Å². The summed E-state index contributed by atoms with van der Waals surface area (Å²) in [4.78, 5) is 75.2. The SMILES string of the molecule is C.CC(=O)C(=O)O.CC(=O)O.CC(=O)O.Cc1ccc(N)c(I)c1.Cc1ccc2[nH]c(C(=O)O)cc2c1.Cc1ccc2[nH]c(Cc3cc(C(=O)NCc4c(C)cc(N)nc4C)ccn3)cc2c1.[Pd]. The van der Waals surface area contributed by atoms with Crippen molar-refractivity contribution in [3.63, 3.8) is 0 Å². The van der Waals surface area contributed by atoms with E-state index in [1.807, 2.05) is 63.2 Å². The van der Waals surface area contributed by atoms with Crippen molar-refractivity contribution < 1.29 is 69.6 Å². The fourth-order valence-electron chi connectivity index (χ4n) is 5.74. The zero-order valence-electron chi connectivity index (χ0n) is 38.1. The molecule has 1 amide bonds. The van der Waals surface area contributed by atoms with E-state index >= 15 is 0 Å². The molecule has 68 heavy (non-hydrogen) atoms. The molecule has 17 nitrogen and oxygen atoms in total. The number of aliphatic carboxylic acids is 3. The first-order valence-corrected chi connectivity index (χ1v) is 21.0. The smallest absolute Gasteiger partial charge is 0.371 e. The van der Waals surface area contributed by atoms with Crippen molar-refractivity contribution in [1.82, 2.24) is 25.3 Å². The molecule has 366 valence electrons. The molecule has 3 aromatic carbocycles. The van der Waals surface area contributed by atoms with Crippen molar-refractivity contribution in [2.75, 3.05) is 11.5 Å². The Morgan fingerprint density at radius 3 is 1.68 bits per heavy atom. The fourth-order valence-corrected chi connectivity index (χ4v) is 6.41. The molecule has 0 spiro atoms. The standard InChI is InChI=1S/C24H25N5O.C10H9NO2.C7H8IN.C3H4O3.2C2H4O2.CH4.Pd/c1-14-4-5-22-18(8-14)11-20(29-22)12-19-10-17(6-7-26-19)24(30)27-13-21-15(2)9-23(25)28-16(21)3;1-6-2-3-8-7(4-6)5-9(11-8)10(12)13;1-5-2-3-7(9)6(8)4-5;1-2(4)3(5)6;2*1-2(3)4;;/h4-11,29H,12-13H2,1-3H3,(H2,25,28)(H,27,30);2-5,11H,1H3,(H,12,13);2-4H,9H2,1H3;1H3,(H,5,6);2*1H3,(H,3,4);1H4;. The molecule has 7 aromatic rings. The number of carbonyl (C=O) groups is 6. The Morgan fingerprint density at radius 2 is 1.19 bits per heavy atom. The second-order valence-electron chi connectivity index (χ2n) is 14.7. The summed E-state index contributed by atoms with van der Waals surface area (Å²) in [5.41, 5.74) is 23.4. The number of rotatable bonds is 7. The molecular weight excluding hydrogens is 1080 g/mol. The van der Waals surface area contributed by atoms with Crippen molar-refractivity contribution in [3.05, 3.63) is 151 Å². The van der Waals surface area contributed by atoms with Crippen LogP contribution in [0.2, 0.25) is 0 Å². The molecule has 19 heteroatoms. The summed E-state index contributed by atoms with van der Waals surface area (Å²) in [6, 6.07) is 27.3. The number of nitrogen functional groups attached to an aromatic ring is 2. The Balaban J connectivity index is 0.000000971. The predicted octanol–water partition coefficient (Wildman–Crippen LogP) is 8.82. The third-order valence-electron chi connectivity index (χ3n) is 8.75. The first kappa shape index (κ1) is 61.1. The van der Waals surface area contributed by atoms with Gasteiger partial charge in [0, 0.05) is 109 Å². The van der Waals surface area contributed by atoms with E-state index in [4.69, 9.17) is 41.5 Å². The Bertz CT molecular complexity index is 2790. The number of aryl methyl sites for hydroxylation is 5. The topological polar surface area (TPSA) is 305 Å². The average Bonchev–Trinajstić information content (AvgIpc) is 3.82. The molecule has 0 saturated carbocycles. The summed E-state index contributed by atoms with van der Waals surface area (Å²) < 4.78 is 1.13. The summed E-state index contributed by atoms with van der Waals surface area (Å²) >= 11 is 2.22. The molecule has 0 unspecified atom stereocenters. The van der Waals surface area contributed by atoms with E-state index < -0.39 is 29.7 Å². The maximum atomic E-state index is 12.7. The third-order valence-corrected chi connectivity index (χ3v) is 9.68. The van der Waals surface area contributed by atoms with E-state index in [2.05, 4.69) is 92.0 Å². The maximum absolute atomic E-state index is 12.7. The van der Waals surface area contributed by atoms with Crippen molar-refractivity contribution in [3.8, 4) is 0 Å². The van der Waals surface area contributed by atoms with Gasteiger partial charge in [0.05, 0.1) is 0 Å². The van der Waals surface area contributed by atoms with E-state index in [0.717, 1.165) is 80.2 Å². The minimum Gasteiger partial charge on any atom is -0.481 e. The normalized spacial score (nSPS) is 9.54. The van der Waals surface area contributed by atoms with Gasteiger partial charge >= 0.3 is 11.9 Å². The number of carbonyl (C=O) groups excluding carboxylic acids is 2. The number of aromatic nitrogens is 4. The van der Waals surface area contributed by atoms with Crippen LogP contribution < -0.4 is 16.8 Å². The number of fused-ring (bicyclic) bond motifs is 2. The Kier molecular flexibility index (Phi) is 26.6. The number of nitrogens with two attached hydrogens (primary N) is 2. The number of amides is 1. The molecular formula is C49H58IN7O10Pd. The van der Waals surface area contributed by atoms with Crippen LogP contribution in [0, 0.1) is 38.2 Å². The van der Waals surface area contributed by atoms with Crippen LogP contribution >= 0.6 is 22.6 Å². The first-order valence-electron chi connectivity index (χ1n) is 19.9. The van der Waals surface area contributed by atoms with Crippen LogP contribution in [-0.4, -0.2) is 75.9 Å². The van der Waals surface area contributed by atoms with Crippen LogP contribution in [0.4, 0.5) is 11.5 Å². The van der Waals surface area contributed by atoms with E-state index in [0.29, 0.717) is 24.3 Å². The summed E-state index contributed by atoms with van der Waals surface area (Å²) in [5.74, 6) is -4.44. The number of nitrogens with one attached hydrogen (secondary N) is 3. The van der Waals surface area contributed by atoms with Crippen LogP contribution in [0.25, 0.3) is 21.8 Å². The maximum Gasteiger partial charge on any atom is 0.371 e. The van der Waals surface area contributed by atoms with Crippen molar-refractivity contribution in [1.29, 1.82) is 0 Å². The van der Waals surface area contributed by atoms with Crippen LogP contribution in [0.15, 0.2) is 91.1 Å². The number of hydrogen-bond acceptors (Lipinski definition) is 10. The molecule has 7 rings (SSSR count). The molecule has 0 saturated heterocycles. The molecule has 0 radical (unpaired) electrons. The van der Waals surface area contributed by atoms with Gasteiger partial charge in [-0.2, -0.15) is 0 Å². The number of pyridine rings is 2. The number of ketones is 1.